The number of halogens is 1. The Hall–Kier alpha value is -0.510. The Bertz CT molecular complexity index is 295. The van der Waals surface area contributed by atoms with Crippen LogP contribution in [-0.4, -0.2) is 19.8 Å². The summed E-state index contributed by atoms with van der Waals surface area (Å²) in [5, 5.41) is 3.79. The summed E-state index contributed by atoms with van der Waals surface area (Å²) in [6, 6.07) is 3.66. The minimum absolute atomic E-state index is 0.455. The lowest BCUT2D eigenvalue weighted by Crippen LogP contribution is -2.17. The molecule has 1 aromatic heterocycles. The van der Waals surface area contributed by atoms with E-state index in [1.165, 1.54) is 12.8 Å². The molecule has 1 aromatic rings. The Labute approximate surface area is 94.7 Å². The van der Waals surface area contributed by atoms with Crippen LogP contribution in [0.4, 0.5) is 0 Å². The van der Waals surface area contributed by atoms with E-state index in [1.54, 1.807) is 6.07 Å². The molecule has 2 rings (SSSR count). The molecule has 1 saturated heterocycles. The number of hydrogen-bond acceptors (Lipinski definition) is 3. The summed E-state index contributed by atoms with van der Waals surface area (Å²) in [6.45, 7) is 3.61. The van der Waals surface area contributed by atoms with Crippen LogP contribution in [0.3, 0.4) is 0 Å². The molecule has 84 valence electrons. The molecule has 1 atom stereocenters. The van der Waals surface area contributed by atoms with Crippen molar-refractivity contribution in [2.75, 3.05) is 19.8 Å². The molecule has 1 N–H and O–H groups in total. The lowest BCUT2D eigenvalue weighted by atomic mass is 10.1. The molecule has 0 saturated carbocycles. The average Bonchev–Trinajstić information content (AvgIpc) is 2.84. The van der Waals surface area contributed by atoms with Crippen molar-refractivity contribution in [3.8, 4) is 0 Å². The number of furan rings is 1. The zero-order valence-electron chi connectivity index (χ0n) is 8.67. The maximum absolute atomic E-state index is 5.67. The maximum Gasteiger partial charge on any atom is 0.193 e. The fourth-order valence-corrected chi connectivity index (χ4v) is 1.94. The second kappa shape index (κ2) is 5.54. The van der Waals surface area contributed by atoms with Crippen molar-refractivity contribution in [3.63, 3.8) is 0 Å². The summed E-state index contributed by atoms with van der Waals surface area (Å²) in [7, 11) is 0. The molecule has 2 heterocycles. The lowest BCUT2D eigenvalue weighted by Gasteiger charge is -2.07. The molecule has 0 radical (unpaired) electrons. The zero-order chi connectivity index (χ0) is 10.5. The Balaban J connectivity index is 1.58. The predicted octanol–water partition coefficient (Wildman–Crippen LogP) is 2.45. The highest BCUT2D eigenvalue weighted by Crippen LogP contribution is 2.16. The first-order valence-corrected chi connectivity index (χ1v) is 5.75. The van der Waals surface area contributed by atoms with Gasteiger partial charge >= 0.3 is 0 Å². The fourth-order valence-electron chi connectivity index (χ4n) is 1.78. The van der Waals surface area contributed by atoms with E-state index in [2.05, 4.69) is 5.32 Å². The highest BCUT2D eigenvalue weighted by atomic mass is 35.5. The van der Waals surface area contributed by atoms with E-state index in [0.29, 0.717) is 5.22 Å². The Kier molecular flexibility index (Phi) is 4.06. The van der Waals surface area contributed by atoms with E-state index in [1.807, 2.05) is 6.07 Å². The van der Waals surface area contributed by atoms with E-state index in [4.69, 9.17) is 20.8 Å². The first kappa shape index (κ1) is 11.0. The molecule has 0 bridgehead atoms. The van der Waals surface area contributed by atoms with E-state index in [-0.39, 0.29) is 0 Å². The molecule has 1 aliphatic heterocycles. The smallest absolute Gasteiger partial charge is 0.193 e. The van der Waals surface area contributed by atoms with Gasteiger partial charge in [-0.25, -0.2) is 0 Å². The van der Waals surface area contributed by atoms with E-state index in [9.17, 15) is 0 Å². The molecule has 1 aliphatic rings. The zero-order valence-corrected chi connectivity index (χ0v) is 9.43. The van der Waals surface area contributed by atoms with Gasteiger partial charge in [-0.1, -0.05) is 0 Å². The molecular weight excluding hydrogens is 214 g/mol. The molecule has 0 aromatic carbocycles. The summed E-state index contributed by atoms with van der Waals surface area (Å²) >= 11 is 5.67. The number of nitrogens with one attached hydrogen (secondary N) is 1. The third-order valence-electron chi connectivity index (χ3n) is 2.68. The molecule has 0 spiro atoms. The molecule has 4 heteroatoms. The van der Waals surface area contributed by atoms with Crippen LogP contribution in [0.2, 0.25) is 5.22 Å². The van der Waals surface area contributed by atoms with Crippen LogP contribution in [0.5, 0.6) is 0 Å². The standard InChI is InChI=1S/C11H16ClNO2/c12-11-2-1-10(15-11)7-13-5-3-9-4-6-14-8-9/h1-2,9,13H,3-8H2. The Morgan fingerprint density at radius 2 is 2.40 bits per heavy atom. The van der Waals surface area contributed by atoms with Crippen molar-refractivity contribution in [3.05, 3.63) is 23.1 Å². The third-order valence-corrected chi connectivity index (χ3v) is 2.88. The number of ether oxygens (including phenoxy) is 1. The van der Waals surface area contributed by atoms with Gasteiger partial charge in [0.15, 0.2) is 5.22 Å². The van der Waals surface area contributed by atoms with Crippen LogP contribution in [0.1, 0.15) is 18.6 Å². The lowest BCUT2D eigenvalue weighted by molar-refractivity contribution is 0.184. The monoisotopic (exact) mass is 229 g/mol. The second-order valence-corrected chi connectivity index (χ2v) is 4.27. The number of rotatable bonds is 5. The van der Waals surface area contributed by atoms with Gasteiger partial charge in [-0.05, 0) is 49.0 Å². The largest absolute Gasteiger partial charge is 0.448 e. The maximum atomic E-state index is 5.67. The third kappa shape index (κ3) is 3.52. The van der Waals surface area contributed by atoms with Crippen molar-refractivity contribution in [2.45, 2.75) is 19.4 Å². The van der Waals surface area contributed by atoms with Gasteiger partial charge in [0.1, 0.15) is 5.76 Å². The molecule has 0 amide bonds. The van der Waals surface area contributed by atoms with Crippen LogP contribution >= 0.6 is 11.6 Å². The summed E-state index contributed by atoms with van der Waals surface area (Å²) in [6.07, 6.45) is 2.38. The van der Waals surface area contributed by atoms with Crippen LogP contribution in [0.25, 0.3) is 0 Å². The Morgan fingerprint density at radius 3 is 3.07 bits per heavy atom. The van der Waals surface area contributed by atoms with Gasteiger partial charge < -0.3 is 14.5 Å². The highest BCUT2D eigenvalue weighted by Gasteiger charge is 2.14. The van der Waals surface area contributed by atoms with Crippen LogP contribution in [0.15, 0.2) is 16.5 Å². The van der Waals surface area contributed by atoms with Gasteiger partial charge in [0.2, 0.25) is 0 Å². The fraction of sp³-hybridized carbons (Fsp3) is 0.636. The highest BCUT2D eigenvalue weighted by molar-refractivity contribution is 6.28. The second-order valence-electron chi connectivity index (χ2n) is 3.90. The molecule has 15 heavy (non-hydrogen) atoms. The number of hydrogen-bond donors (Lipinski definition) is 1. The summed E-state index contributed by atoms with van der Waals surface area (Å²) in [4.78, 5) is 0. The van der Waals surface area contributed by atoms with Crippen LogP contribution < -0.4 is 5.32 Å². The van der Waals surface area contributed by atoms with Gasteiger partial charge in [0, 0.05) is 13.2 Å². The normalized spacial score (nSPS) is 21.0. The topological polar surface area (TPSA) is 34.4 Å². The SMILES string of the molecule is Clc1ccc(CNCCC2CCOC2)o1. The summed E-state index contributed by atoms with van der Waals surface area (Å²) in [5.74, 6) is 1.63. The predicted molar refractivity (Wildman–Crippen MR) is 59.0 cm³/mol. The van der Waals surface area contributed by atoms with Crippen molar-refractivity contribution in [2.24, 2.45) is 5.92 Å². The van der Waals surface area contributed by atoms with Crippen molar-refractivity contribution in [1.82, 2.24) is 5.32 Å². The molecule has 1 unspecified atom stereocenters. The van der Waals surface area contributed by atoms with Crippen LogP contribution in [0, 0.1) is 5.92 Å². The minimum atomic E-state index is 0.455. The average molecular weight is 230 g/mol. The van der Waals surface area contributed by atoms with Crippen LogP contribution in [-0.2, 0) is 11.3 Å². The van der Waals surface area contributed by atoms with E-state index in [0.717, 1.165) is 38.0 Å². The van der Waals surface area contributed by atoms with Gasteiger partial charge in [0.25, 0.3) is 0 Å². The van der Waals surface area contributed by atoms with Crippen molar-refractivity contribution in [1.29, 1.82) is 0 Å². The minimum Gasteiger partial charge on any atom is -0.448 e. The first-order chi connectivity index (χ1) is 7.34. The van der Waals surface area contributed by atoms with Gasteiger partial charge in [-0.15, -0.1) is 0 Å². The van der Waals surface area contributed by atoms with Gasteiger partial charge in [0.05, 0.1) is 6.54 Å². The first-order valence-electron chi connectivity index (χ1n) is 5.37. The quantitative estimate of drug-likeness (QED) is 0.788. The van der Waals surface area contributed by atoms with E-state index < -0.39 is 0 Å². The van der Waals surface area contributed by atoms with Gasteiger partial charge in [-0.2, -0.15) is 0 Å². The summed E-state index contributed by atoms with van der Waals surface area (Å²) < 4.78 is 10.5. The molecule has 0 aliphatic carbocycles. The van der Waals surface area contributed by atoms with E-state index >= 15 is 0 Å². The molecule has 1 fully saturated rings. The van der Waals surface area contributed by atoms with Crippen molar-refractivity contribution >= 4 is 11.6 Å². The van der Waals surface area contributed by atoms with Gasteiger partial charge in [-0.3, -0.25) is 0 Å². The molecule has 3 nitrogen and oxygen atoms in total. The molecular formula is C11H16ClNO2. The summed E-state index contributed by atoms with van der Waals surface area (Å²) in [5.41, 5.74) is 0. The van der Waals surface area contributed by atoms with Crippen molar-refractivity contribution < 1.29 is 9.15 Å². The Morgan fingerprint density at radius 1 is 1.47 bits per heavy atom.